The Labute approximate surface area is 301 Å². The van der Waals surface area contributed by atoms with Crippen molar-refractivity contribution >= 4 is 57.4 Å². The summed E-state index contributed by atoms with van der Waals surface area (Å²) in [6.07, 6.45) is 6.31. The molecule has 0 radical (unpaired) electrons. The van der Waals surface area contributed by atoms with Crippen LogP contribution in [0.2, 0.25) is 10.0 Å². The average Bonchev–Trinajstić information content (AvgIpc) is 3.66. The van der Waals surface area contributed by atoms with Gasteiger partial charge in [0.1, 0.15) is 27.8 Å². The topological polar surface area (TPSA) is 132 Å². The molecule has 0 aromatic carbocycles. The molecule has 49 heavy (non-hydrogen) atoms. The number of aromatic amines is 1. The van der Waals surface area contributed by atoms with E-state index < -0.39 is 5.97 Å². The number of nitrogens with one attached hydrogen (secondary N) is 2. The third-order valence-corrected chi connectivity index (χ3v) is 11.7. The molecule has 3 aromatic rings. The minimum Gasteiger partial charge on any atom is -0.462 e. The number of halogens is 2. The molecule has 3 aliphatic heterocycles. The number of anilines is 2. The number of hydrogen-bond acceptors (Lipinski definition) is 12. The standard InChI is InChI=1S/C33H45Cl2N9O4S/c1-5-48-32(46)30-28(23-15-37-25(16-36-23)43-13-11-42(12-14-43)18-21-7-6-9-41(3)17-21)40-33(49-30)44-10-8-22(24(19-44)47-4)39-31(45)29-27(35)26(34)20(2)38-29/h15-16,21-22,24,38H,5-14,17-19H2,1-4H3,(H,39,45)/t21?,22-,24+/m1/s1. The fourth-order valence-electron chi connectivity index (χ4n) is 6.97. The van der Waals surface area contributed by atoms with Crippen molar-refractivity contribution in [3.8, 4) is 11.4 Å². The molecular weight excluding hydrogens is 689 g/mol. The van der Waals surface area contributed by atoms with Crippen LogP contribution in [-0.4, -0.2) is 133 Å². The van der Waals surface area contributed by atoms with Crippen LogP contribution in [0.1, 0.15) is 52.0 Å². The highest BCUT2D eigenvalue weighted by Crippen LogP contribution is 2.35. The summed E-state index contributed by atoms with van der Waals surface area (Å²) >= 11 is 13.7. The SMILES string of the molecule is CCOC(=O)c1sc(N2CC[C@@H](NC(=O)c3[nH]c(C)c(Cl)c3Cl)[C@@H](OC)C2)nc1-c1cnc(N2CCN(CC3CCCN(C)C3)CC2)cn1. The molecule has 0 aliphatic carbocycles. The number of amides is 1. The number of aromatic nitrogens is 4. The van der Waals surface area contributed by atoms with Crippen LogP contribution < -0.4 is 15.1 Å². The second kappa shape index (κ2) is 15.9. The van der Waals surface area contributed by atoms with Crippen molar-refractivity contribution in [2.45, 2.75) is 45.3 Å². The maximum Gasteiger partial charge on any atom is 0.350 e. The second-order valence-electron chi connectivity index (χ2n) is 13.1. The number of piperazine rings is 1. The Hall–Kier alpha value is -3.01. The van der Waals surface area contributed by atoms with E-state index in [-0.39, 0.29) is 35.4 Å². The number of esters is 1. The number of carbonyl (C=O) groups excluding carboxylic acids is 2. The third-order valence-electron chi connectivity index (χ3n) is 9.62. The minimum atomic E-state index is -0.449. The molecule has 0 spiro atoms. The Kier molecular flexibility index (Phi) is 11.6. The predicted octanol–water partition coefficient (Wildman–Crippen LogP) is 4.21. The summed E-state index contributed by atoms with van der Waals surface area (Å²) in [4.78, 5) is 53.2. The van der Waals surface area contributed by atoms with Crippen LogP contribution in [0.5, 0.6) is 0 Å². The molecule has 0 saturated carbocycles. The van der Waals surface area contributed by atoms with Crippen LogP contribution in [0.4, 0.5) is 10.9 Å². The van der Waals surface area contributed by atoms with Gasteiger partial charge < -0.3 is 34.5 Å². The molecule has 6 rings (SSSR count). The number of thiazole rings is 1. The summed E-state index contributed by atoms with van der Waals surface area (Å²) in [5.74, 6) is 0.763. The Morgan fingerprint density at radius 1 is 1.04 bits per heavy atom. The van der Waals surface area contributed by atoms with E-state index in [0.717, 1.165) is 44.5 Å². The lowest BCUT2D eigenvalue weighted by Gasteiger charge is -2.38. The first-order chi connectivity index (χ1) is 23.6. The van der Waals surface area contributed by atoms with E-state index in [1.54, 1.807) is 33.4 Å². The molecule has 13 nitrogen and oxygen atoms in total. The molecule has 3 aromatic heterocycles. The van der Waals surface area contributed by atoms with Crippen LogP contribution in [0.25, 0.3) is 11.4 Å². The Morgan fingerprint density at radius 2 is 1.84 bits per heavy atom. The zero-order valence-electron chi connectivity index (χ0n) is 28.5. The molecular formula is C33H45Cl2N9O4S. The highest BCUT2D eigenvalue weighted by atomic mass is 35.5. The number of likely N-dealkylation sites (tertiary alicyclic amines) is 1. The number of carbonyl (C=O) groups is 2. The molecule has 0 bridgehead atoms. The quantitative estimate of drug-likeness (QED) is 0.291. The maximum atomic E-state index is 13.1. The largest absolute Gasteiger partial charge is 0.462 e. The zero-order valence-corrected chi connectivity index (χ0v) is 30.8. The number of H-pyrrole nitrogens is 1. The minimum absolute atomic E-state index is 0.196. The van der Waals surface area contributed by atoms with Gasteiger partial charge in [0.25, 0.3) is 5.91 Å². The molecule has 266 valence electrons. The van der Waals surface area contributed by atoms with Crippen LogP contribution in [-0.2, 0) is 9.47 Å². The van der Waals surface area contributed by atoms with E-state index in [9.17, 15) is 9.59 Å². The van der Waals surface area contributed by atoms with Gasteiger partial charge >= 0.3 is 5.97 Å². The molecule has 6 heterocycles. The van der Waals surface area contributed by atoms with E-state index in [4.69, 9.17) is 47.6 Å². The Morgan fingerprint density at radius 3 is 2.49 bits per heavy atom. The second-order valence-corrected chi connectivity index (χ2v) is 14.8. The van der Waals surface area contributed by atoms with Crippen molar-refractivity contribution in [2.75, 3.05) is 89.5 Å². The number of aryl methyl sites for hydroxylation is 1. The third kappa shape index (κ3) is 8.15. The maximum absolute atomic E-state index is 13.1. The summed E-state index contributed by atoms with van der Waals surface area (Å²) in [6.45, 7) is 12.1. The first kappa shape index (κ1) is 35.8. The van der Waals surface area contributed by atoms with Crippen molar-refractivity contribution in [1.82, 2.24) is 35.1 Å². The van der Waals surface area contributed by atoms with Crippen LogP contribution >= 0.6 is 34.5 Å². The van der Waals surface area contributed by atoms with E-state index in [1.807, 2.05) is 0 Å². The number of ether oxygens (including phenoxy) is 2. The fraction of sp³-hybridized carbons (Fsp3) is 0.606. The van der Waals surface area contributed by atoms with E-state index >= 15 is 0 Å². The highest BCUT2D eigenvalue weighted by molar-refractivity contribution is 7.17. The molecule has 2 N–H and O–H groups in total. The van der Waals surface area contributed by atoms with Gasteiger partial charge in [0.15, 0.2) is 5.13 Å². The number of hydrogen-bond donors (Lipinski definition) is 2. The van der Waals surface area contributed by atoms with Gasteiger partial charge in [-0.05, 0) is 52.6 Å². The number of piperidine rings is 2. The van der Waals surface area contributed by atoms with Gasteiger partial charge in [0, 0.05) is 65.2 Å². The molecule has 3 atom stereocenters. The van der Waals surface area contributed by atoms with Crippen LogP contribution in [0.15, 0.2) is 12.4 Å². The van der Waals surface area contributed by atoms with Crippen molar-refractivity contribution in [3.05, 3.63) is 38.7 Å². The van der Waals surface area contributed by atoms with Gasteiger partial charge in [-0.3, -0.25) is 9.69 Å². The van der Waals surface area contributed by atoms with Crippen molar-refractivity contribution in [1.29, 1.82) is 0 Å². The zero-order chi connectivity index (χ0) is 34.7. The van der Waals surface area contributed by atoms with Gasteiger partial charge in [0.2, 0.25) is 0 Å². The molecule has 3 fully saturated rings. The summed E-state index contributed by atoms with van der Waals surface area (Å²) in [5.41, 5.74) is 1.80. The number of nitrogens with zero attached hydrogens (tertiary/aromatic N) is 7. The van der Waals surface area contributed by atoms with Gasteiger partial charge in [-0.25, -0.2) is 19.7 Å². The van der Waals surface area contributed by atoms with E-state index in [0.29, 0.717) is 51.6 Å². The summed E-state index contributed by atoms with van der Waals surface area (Å²) in [6, 6.07) is -0.273. The smallest absolute Gasteiger partial charge is 0.350 e. The summed E-state index contributed by atoms with van der Waals surface area (Å²) in [5, 5.41) is 4.21. The Balaban J connectivity index is 1.11. The van der Waals surface area contributed by atoms with Crippen molar-refractivity contribution in [2.24, 2.45) is 5.92 Å². The van der Waals surface area contributed by atoms with Crippen molar-refractivity contribution in [3.63, 3.8) is 0 Å². The first-order valence-corrected chi connectivity index (χ1v) is 18.5. The lowest BCUT2D eigenvalue weighted by atomic mass is 9.97. The number of rotatable bonds is 10. The molecule has 3 saturated heterocycles. The van der Waals surface area contributed by atoms with Gasteiger partial charge in [-0.15, -0.1) is 0 Å². The molecule has 16 heteroatoms. The highest BCUT2D eigenvalue weighted by Gasteiger charge is 2.34. The normalized spacial score (nSPS) is 22.4. The lowest BCUT2D eigenvalue weighted by molar-refractivity contribution is 0.0531. The summed E-state index contributed by atoms with van der Waals surface area (Å²) in [7, 11) is 3.83. The first-order valence-electron chi connectivity index (χ1n) is 16.9. The Bertz CT molecular complexity index is 1610. The lowest BCUT2D eigenvalue weighted by Crippen LogP contribution is -2.55. The monoisotopic (exact) mass is 733 g/mol. The molecule has 3 aliphatic rings. The van der Waals surface area contributed by atoms with Crippen LogP contribution in [0, 0.1) is 12.8 Å². The fourth-order valence-corrected chi connectivity index (χ4v) is 8.39. The summed E-state index contributed by atoms with van der Waals surface area (Å²) < 4.78 is 11.2. The van der Waals surface area contributed by atoms with E-state index in [2.05, 4.69) is 36.9 Å². The molecule has 1 unspecified atom stereocenters. The van der Waals surface area contributed by atoms with Crippen LogP contribution in [0.3, 0.4) is 0 Å². The van der Waals surface area contributed by atoms with Crippen molar-refractivity contribution < 1.29 is 19.1 Å². The molecule has 1 amide bonds. The van der Waals surface area contributed by atoms with E-state index in [1.165, 1.54) is 37.3 Å². The predicted molar refractivity (Wildman–Crippen MR) is 192 cm³/mol. The van der Waals surface area contributed by atoms with Gasteiger partial charge in [-0.2, -0.15) is 0 Å². The average molecular weight is 735 g/mol. The number of methoxy groups -OCH3 is 1. The van der Waals surface area contributed by atoms with Gasteiger partial charge in [-0.1, -0.05) is 34.5 Å². The van der Waals surface area contributed by atoms with Gasteiger partial charge in [0.05, 0.1) is 41.2 Å².